The molecule has 1 heterocycles. The zero-order chi connectivity index (χ0) is 12.4. The molecular formula is C11H14ClN3O3. The fraction of sp³-hybridized carbons (Fsp3) is 0.273. The van der Waals surface area contributed by atoms with Gasteiger partial charge in [-0.3, -0.25) is 9.36 Å². The number of amides is 1. The zero-order valence-corrected chi connectivity index (χ0v) is 10.6. The average molecular weight is 272 g/mol. The van der Waals surface area contributed by atoms with Gasteiger partial charge in [-0.05, 0) is 18.2 Å². The van der Waals surface area contributed by atoms with Gasteiger partial charge in [0.05, 0.1) is 5.52 Å². The highest BCUT2D eigenvalue weighted by Crippen LogP contribution is 2.17. The van der Waals surface area contributed by atoms with Crippen LogP contribution in [0, 0.1) is 0 Å². The fourth-order valence-electron chi connectivity index (χ4n) is 1.56. The van der Waals surface area contributed by atoms with Crippen molar-refractivity contribution in [1.82, 2.24) is 4.57 Å². The van der Waals surface area contributed by atoms with E-state index in [1.54, 1.807) is 25.2 Å². The Morgan fingerprint density at radius 1 is 1.50 bits per heavy atom. The predicted molar refractivity (Wildman–Crippen MR) is 71.0 cm³/mol. The van der Waals surface area contributed by atoms with Crippen LogP contribution in [0.25, 0.3) is 11.1 Å². The molecule has 1 aromatic heterocycles. The van der Waals surface area contributed by atoms with Crippen molar-refractivity contribution >= 4 is 35.1 Å². The van der Waals surface area contributed by atoms with Gasteiger partial charge in [-0.25, -0.2) is 4.79 Å². The van der Waals surface area contributed by atoms with Crippen molar-refractivity contribution in [2.75, 3.05) is 11.9 Å². The third kappa shape index (κ3) is 2.72. The van der Waals surface area contributed by atoms with Crippen LogP contribution in [0.4, 0.5) is 5.69 Å². The van der Waals surface area contributed by atoms with Crippen LogP contribution < -0.4 is 16.8 Å². The molecule has 0 fully saturated rings. The molecule has 2 aromatic rings. The van der Waals surface area contributed by atoms with Gasteiger partial charge in [0.2, 0.25) is 5.91 Å². The molecule has 0 aliphatic rings. The van der Waals surface area contributed by atoms with E-state index in [4.69, 9.17) is 10.2 Å². The summed E-state index contributed by atoms with van der Waals surface area (Å²) in [4.78, 5) is 22.6. The number of carbonyl (C=O) groups excluding carboxylic acids is 1. The van der Waals surface area contributed by atoms with Crippen molar-refractivity contribution in [2.24, 2.45) is 12.8 Å². The number of nitrogens with one attached hydrogen (secondary N) is 1. The molecule has 2 rings (SSSR count). The van der Waals surface area contributed by atoms with E-state index in [-0.39, 0.29) is 24.7 Å². The summed E-state index contributed by atoms with van der Waals surface area (Å²) in [7, 11) is 1.61. The number of nitrogens with zero attached hydrogens (tertiary/aromatic N) is 1. The van der Waals surface area contributed by atoms with Crippen LogP contribution in [0.5, 0.6) is 0 Å². The molecule has 0 aliphatic heterocycles. The molecule has 98 valence electrons. The lowest BCUT2D eigenvalue weighted by Gasteiger charge is -2.03. The van der Waals surface area contributed by atoms with E-state index in [2.05, 4.69) is 5.32 Å². The SMILES string of the molecule is Cl.Cn1c(=O)oc2ccc(NC(=O)CCN)cc21. The number of aromatic nitrogens is 1. The summed E-state index contributed by atoms with van der Waals surface area (Å²) in [5.41, 5.74) is 7.03. The summed E-state index contributed by atoms with van der Waals surface area (Å²) in [6, 6.07) is 5.02. The number of anilines is 1. The Labute approximate surface area is 109 Å². The van der Waals surface area contributed by atoms with Crippen LogP contribution in [-0.4, -0.2) is 17.0 Å². The van der Waals surface area contributed by atoms with Gasteiger partial charge in [-0.2, -0.15) is 0 Å². The van der Waals surface area contributed by atoms with Gasteiger partial charge >= 0.3 is 5.76 Å². The smallest absolute Gasteiger partial charge is 0.408 e. The number of rotatable bonds is 3. The number of nitrogens with two attached hydrogens (primary N) is 1. The Hall–Kier alpha value is -1.79. The van der Waals surface area contributed by atoms with E-state index in [0.29, 0.717) is 23.3 Å². The second-order valence-corrected chi connectivity index (χ2v) is 3.70. The largest absolute Gasteiger partial charge is 0.419 e. The molecule has 0 aliphatic carbocycles. The van der Waals surface area contributed by atoms with Crippen molar-refractivity contribution in [3.63, 3.8) is 0 Å². The van der Waals surface area contributed by atoms with Gasteiger partial charge in [0, 0.05) is 25.7 Å². The first-order valence-corrected chi connectivity index (χ1v) is 5.21. The number of hydrogen-bond donors (Lipinski definition) is 2. The summed E-state index contributed by atoms with van der Waals surface area (Å²) >= 11 is 0. The van der Waals surface area contributed by atoms with E-state index < -0.39 is 5.76 Å². The van der Waals surface area contributed by atoms with Gasteiger partial charge in [-0.1, -0.05) is 0 Å². The fourth-order valence-corrected chi connectivity index (χ4v) is 1.56. The Morgan fingerprint density at radius 3 is 2.89 bits per heavy atom. The predicted octanol–water partition coefficient (Wildman–Crippen LogP) is 0.841. The summed E-state index contributed by atoms with van der Waals surface area (Å²) < 4.78 is 6.36. The summed E-state index contributed by atoms with van der Waals surface area (Å²) in [6.45, 7) is 0.304. The topological polar surface area (TPSA) is 90.3 Å². The maximum absolute atomic E-state index is 11.4. The minimum atomic E-state index is -0.426. The molecule has 7 heteroatoms. The number of benzene rings is 1. The molecule has 0 bridgehead atoms. The van der Waals surface area contributed by atoms with Gasteiger partial charge in [0.15, 0.2) is 5.58 Å². The van der Waals surface area contributed by atoms with Crippen LogP contribution >= 0.6 is 12.4 Å². The van der Waals surface area contributed by atoms with Gasteiger partial charge < -0.3 is 15.5 Å². The first kappa shape index (κ1) is 14.3. The highest BCUT2D eigenvalue weighted by molar-refractivity contribution is 5.92. The molecule has 0 saturated heterocycles. The molecule has 1 aromatic carbocycles. The number of fused-ring (bicyclic) bond motifs is 1. The van der Waals surface area contributed by atoms with E-state index in [1.807, 2.05) is 0 Å². The normalized spacial score (nSPS) is 10.1. The summed E-state index contributed by atoms with van der Waals surface area (Å²) in [5, 5.41) is 2.70. The van der Waals surface area contributed by atoms with Crippen LogP contribution in [0.1, 0.15) is 6.42 Å². The average Bonchev–Trinajstić information content (AvgIpc) is 2.56. The molecule has 6 nitrogen and oxygen atoms in total. The second kappa shape index (κ2) is 5.70. The Balaban J connectivity index is 0.00000162. The monoisotopic (exact) mass is 271 g/mol. The van der Waals surface area contributed by atoms with E-state index in [1.165, 1.54) is 4.57 Å². The van der Waals surface area contributed by atoms with Gasteiger partial charge in [-0.15, -0.1) is 12.4 Å². The molecule has 0 saturated carbocycles. The van der Waals surface area contributed by atoms with Crippen molar-refractivity contribution in [1.29, 1.82) is 0 Å². The molecule has 0 radical (unpaired) electrons. The lowest BCUT2D eigenvalue weighted by atomic mass is 10.2. The zero-order valence-electron chi connectivity index (χ0n) is 9.80. The first-order valence-electron chi connectivity index (χ1n) is 5.21. The van der Waals surface area contributed by atoms with Gasteiger partial charge in [0.25, 0.3) is 0 Å². The molecule has 0 atom stereocenters. The number of halogens is 1. The molecule has 0 unspecified atom stereocenters. The summed E-state index contributed by atoms with van der Waals surface area (Å²) in [6.07, 6.45) is 0.266. The number of aryl methyl sites for hydroxylation is 1. The van der Waals surface area contributed by atoms with Crippen LogP contribution in [0.3, 0.4) is 0 Å². The first-order chi connectivity index (χ1) is 8.11. The maximum Gasteiger partial charge on any atom is 0.419 e. The maximum atomic E-state index is 11.4. The standard InChI is InChI=1S/C11H13N3O3.ClH/c1-14-8-6-7(13-10(15)4-5-12)2-3-9(8)17-11(14)16;/h2-3,6H,4-5,12H2,1H3,(H,13,15);1H. The Kier molecular flexibility index (Phi) is 4.52. The van der Waals surface area contributed by atoms with Crippen molar-refractivity contribution < 1.29 is 9.21 Å². The lowest BCUT2D eigenvalue weighted by molar-refractivity contribution is -0.116. The van der Waals surface area contributed by atoms with E-state index >= 15 is 0 Å². The number of carbonyl (C=O) groups is 1. The number of hydrogen-bond acceptors (Lipinski definition) is 4. The third-order valence-corrected chi connectivity index (χ3v) is 2.45. The molecule has 0 spiro atoms. The van der Waals surface area contributed by atoms with Crippen molar-refractivity contribution in [2.45, 2.75) is 6.42 Å². The molecule has 1 amide bonds. The molecule has 3 N–H and O–H groups in total. The minimum absolute atomic E-state index is 0. The molecular weight excluding hydrogens is 258 g/mol. The number of oxazole rings is 1. The van der Waals surface area contributed by atoms with E-state index in [0.717, 1.165) is 0 Å². The summed E-state index contributed by atoms with van der Waals surface area (Å²) in [5.74, 6) is -0.578. The van der Waals surface area contributed by atoms with Crippen molar-refractivity contribution in [3.05, 3.63) is 28.7 Å². The lowest BCUT2D eigenvalue weighted by Crippen LogP contribution is -2.16. The third-order valence-electron chi connectivity index (χ3n) is 2.45. The highest BCUT2D eigenvalue weighted by Gasteiger charge is 2.07. The van der Waals surface area contributed by atoms with Crippen LogP contribution in [-0.2, 0) is 11.8 Å². The minimum Gasteiger partial charge on any atom is -0.408 e. The quantitative estimate of drug-likeness (QED) is 0.866. The van der Waals surface area contributed by atoms with Crippen LogP contribution in [0.15, 0.2) is 27.4 Å². The highest BCUT2D eigenvalue weighted by atomic mass is 35.5. The Morgan fingerprint density at radius 2 is 2.22 bits per heavy atom. The van der Waals surface area contributed by atoms with Crippen molar-refractivity contribution in [3.8, 4) is 0 Å². The van der Waals surface area contributed by atoms with E-state index in [9.17, 15) is 9.59 Å². The molecule has 18 heavy (non-hydrogen) atoms. The Bertz CT molecular complexity index is 618. The van der Waals surface area contributed by atoms with Crippen LogP contribution in [0.2, 0.25) is 0 Å². The second-order valence-electron chi connectivity index (χ2n) is 3.70. The van der Waals surface area contributed by atoms with Gasteiger partial charge in [0.1, 0.15) is 0 Å².